The lowest BCUT2D eigenvalue weighted by Crippen LogP contribution is -2.48. The van der Waals surface area contributed by atoms with Crippen LogP contribution in [0.2, 0.25) is 0 Å². The van der Waals surface area contributed by atoms with Crippen molar-refractivity contribution in [2.24, 2.45) is 5.92 Å². The molecular formula is C28H28F2N4O5. The smallest absolute Gasteiger partial charge is 0.418 e. The summed E-state index contributed by atoms with van der Waals surface area (Å²) in [4.78, 5) is 54.4. The minimum atomic E-state index is -1.71. The van der Waals surface area contributed by atoms with E-state index < -0.39 is 36.0 Å². The molecule has 1 spiro atoms. The zero-order valence-electron chi connectivity index (χ0n) is 21.4. The SMILES string of the molecule is CNC(=O)Nc1cc2c(cc1F)[C@]1(CC2)OC(=O)N(CC(=O)N2Cc3ccc(F)cc3CC[C@H]2C2CC2)C1=O. The van der Waals surface area contributed by atoms with E-state index in [0.29, 0.717) is 30.7 Å². The Bertz CT molecular complexity index is 1410. The van der Waals surface area contributed by atoms with Crippen molar-refractivity contribution in [3.63, 3.8) is 0 Å². The number of rotatable bonds is 4. The van der Waals surface area contributed by atoms with Gasteiger partial charge in [0.25, 0.3) is 5.91 Å². The topological polar surface area (TPSA) is 108 Å². The monoisotopic (exact) mass is 538 g/mol. The van der Waals surface area contributed by atoms with Gasteiger partial charge in [-0.1, -0.05) is 6.07 Å². The third-order valence-electron chi connectivity index (χ3n) is 8.32. The summed E-state index contributed by atoms with van der Waals surface area (Å²) >= 11 is 0. The Morgan fingerprint density at radius 1 is 1.05 bits per heavy atom. The first kappa shape index (κ1) is 25.3. The molecule has 0 unspecified atom stereocenters. The summed E-state index contributed by atoms with van der Waals surface area (Å²) in [7, 11) is 1.40. The molecule has 4 aliphatic rings. The van der Waals surface area contributed by atoms with Crippen LogP contribution in [0.5, 0.6) is 0 Å². The predicted molar refractivity (Wildman–Crippen MR) is 134 cm³/mol. The number of nitrogens with zero attached hydrogens (tertiary/aromatic N) is 2. The van der Waals surface area contributed by atoms with Gasteiger partial charge in [0.05, 0.1) is 5.69 Å². The number of imide groups is 1. The van der Waals surface area contributed by atoms with Crippen molar-refractivity contribution in [1.29, 1.82) is 0 Å². The standard InChI is InChI=1S/C28H28F2N4O5/c1-31-26(37)32-22-11-17-8-9-28(20(17)12-21(22)30)25(36)34(27(38)39-28)14-24(35)33-13-18-4-6-19(29)10-16(18)5-7-23(33)15-2-3-15/h4,6,10-12,15,23H,2-3,5,7-9,13-14H2,1H3,(H2,31,32,37)/t23-,28-/m0/s1. The van der Waals surface area contributed by atoms with Gasteiger partial charge < -0.3 is 20.3 Å². The third kappa shape index (κ3) is 4.29. The number of anilines is 1. The number of carbonyl (C=O) groups is 4. The molecule has 2 aliphatic carbocycles. The number of urea groups is 1. The molecule has 39 heavy (non-hydrogen) atoms. The summed E-state index contributed by atoms with van der Waals surface area (Å²) < 4.78 is 34.3. The summed E-state index contributed by atoms with van der Waals surface area (Å²) in [5, 5.41) is 4.74. The second-order valence-electron chi connectivity index (χ2n) is 10.7. The van der Waals surface area contributed by atoms with Crippen LogP contribution < -0.4 is 10.6 Å². The van der Waals surface area contributed by atoms with Gasteiger partial charge in [-0.2, -0.15) is 0 Å². The van der Waals surface area contributed by atoms with Crippen molar-refractivity contribution in [2.75, 3.05) is 18.9 Å². The molecule has 2 fully saturated rings. The van der Waals surface area contributed by atoms with Gasteiger partial charge in [0.15, 0.2) is 0 Å². The van der Waals surface area contributed by atoms with Crippen molar-refractivity contribution in [2.45, 2.75) is 56.7 Å². The van der Waals surface area contributed by atoms with Crippen molar-refractivity contribution >= 4 is 29.6 Å². The van der Waals surface area contributed by atoms with E-state index in [1.165, 1.54) is 25.2 Å². The van der Waals surface area contributed by atoms with Gasteiger partial charge in [-0.05, 0) is 79.0 Å². The molecule has 2 aromatic carbocycles. The summed E-state index contributed by atoms with van der Waals surface area (Å²) in [5.41, 5.74) is 0.737. The Labute approximate surface area is 223 Å². The first-order chi connectivity index (χ1) is 18.7. The van der Waals surface area contributed by atoms with Crippen molar-refractivity contribution in [1.82, 2.24) is 15.1 Å². The van der Waals surface area contributed by atoms with Crippen LogP contribution in [0.4, 0.5) is 24.1 Å². The number of carbonyl (C=O) groups excluding carboxylic acids is 4. The predicted octanol–water partition coefficient (Wildman–Crippen LogP) is 3.59. The van der Waals surface area contributed by atoms with Crippen LogP contribution in [0.1, 0.15) is 47.9 Å². The van der Waals surface area contributed by atoms with Gasteiger partial charge in [-0.15, -0.1) is 0 Å². The Kier molecular flexibility index (Phi) is 6.04. The largest absolute Gasteiger partial charge is 0.427 e. The molecule has 2 atom stereocenters. The van der Waals surface area contributed by atoms with Crippen molar-refractivity contribution in [3.8, 4) is 0 Å². The number of hydrogen-bond donors (Lipinski definition) is 2. The zero-order valence-corrected chi connectivity index (χ0v) is 21.4. The highest BCUT2D eigenvalue weighted by Gasteiger charge is 2.59. The minimum absolute atomic E-state index is 0.0543. The Morgan fingerprint density at radius 3 is 2.59 bits per heavy atom. The van der Waals surface area contributed by atoms with Crippen molar-refractivity contribution in [3.05, 3.63) is 64.2 Å². The van der Waals surface area contributed by atoms with E-state index in [0.717, 1.165) is 34.9 Å². The van der Waals surface area contributed by atoms with Crippen LogP contribution in [-0.2, 0) is 39.3 Å². The lowest BCUT2D eigenvalue weighted by atomic mass is 9.94. The number of halogens is 2. The van der Waals surface area contributed by atoms with E-state index in [-0.39, 0.29) is 42.0 Å². The first-order valence-electron chi connectivity index (χ1n) is 13.1. The van der Waals surface area contributed by atoms with Gasteiger partial charge in [-0.3, -0.25) is 9.59 Å². The quantitative estimate of drug-likeness (QED) is 0.619. The maximum Gasteiger partial charge on any atom is 0.418 e. The lowest BCUT2D eigenvalue weighted by molar-refractivity contribution is -0.143. The molecule has 6 rings (SSSR count). The third-order valence-corrected chi connectivity index (χ3v) is 8.32. The first-order valence-corrected chi connectivity index (χ1v) is 13.1. The van der Waals surface area contributed by atoms with Gasteiger partial charge in [0.1, 0.15) is 18.2 Å². The van der Waals surface area contributed by atoms with Gasteiger partial charge in [-0.25, -0.2) is 23.3 Å². The highest BCUT2D eigenvalue weighted by Crippen LogP contribution is 2.47. The number of hydrogen-bond acceptors (Lipinski definition) is 5. The number of aryl methyl sites for hydroxylation is 2. The second kappa shape index (κ2) is 9.32. The Morgan fingerprint density at radius 2 is 1.85 bits per heavy atom. The number of nitrogens with one attached hydrogen (secondary N) is 2. The molecule has 9 nitrogen and oxygen atoms in total. The van der Waals surface area contributed by atoms with Crippen LogP contribution >= 0.6 is 0 Å². The Balaban J connectivity index is 1.24. The molecular weight excluding hydrogens is 510 g/mol. The lowest BCUT2D eigenvalue weighted by Gasteiger charge is -2.31. The van der Waals surface area contributed by atoms with Crippen LogP contribution in [0.25, 0.3) is 0 Å². The number of benzene rings is 2. The van der Waals surface area contributed by atoms with E-state index in [1.54, 1.807) is 11.0 Å². The number of amides is 5. The molecule has 5 amide bonds. The fourth-order valence-electron chi connectivity index (χ4n) is 6.15. The molecule has 11 heteroatoms. The fraction of sp³-hybridized carbons (Fsp3) is 0.429. The maximum atomic E-state index is 14.9. The normalized spacial score (nSPS) is 23.8. The van der Waals surface area contributed by atoms with E-state index >= 15 is 0 Å². The van der Waals surface area contributed by atoms with Crippen molar-refractivity contribution < 1.29 is 32.7 Å². The fourth-order valence-corrected chi connectivity index (χ4v) is 6.15. The average molecular weight is 539 g/mol. The van der Waals surface area contributed by atoms with Gasteiger partial charge in [0.2, 0.25) is 11.5 Å². The summed E-state index contributed by atoms with van der Waals surface area (Å²) in [5.74, 6) is -1.85. The highest BCUT2D eigenvalue weighted by atomic mass is 19.1. The van der Waals surface area contributed by atoms with E-state index in [9.17, 15) is 28.0 Å². The zero-order chi connectivity index (χ0) is 27.5. The molecule has 204 valence electrons. The maximum absolute atomic E-state index is 14.9. The van der Waals surface area contributed by atoms with E-state index in [2.05, 4.69) is 10.6 Å². The highest BCUT2D eigenvalue weighted by molar-refractivity contribution is 6.06. The van der Waals surface area contributed by atoms with Gasteiger partial charge >= 0.3 is 12.1 Å². The molecule has 2 aromatic rings. The van der Waals surface area contributed by atoms with Gasteiger partial charge in [0, 0.05) is 31.6 Å². The number of fused-ring (bicyclic) bond motifs is 3. The Hall–Kier alpha value is -4.02. The number of ether oxygens (including phenoxy) is 1. The summed E-state index contributed by atoms with van der Waals surface area (Å²) in [6, 6.07) is 6.44. The molecule has 1 saturated carbocycles. The van der Waals surface area contributed by atoms with Crippen LogP contribution in [0, 0.1) is 17.6 Å². The van der Waals surface area contributed by atoms with Crippen LogP contribution in [-0.4, -0.2) is 53.4 Å². The molecule has 2 heterocycles. The van der Waals surface area contributed by atoms with E-state index in [1.807, 2.05) is 0 Å². The molecule has 1 saturated heterocycles. The average Bonchev–Trinajstić information content (AvgIpc) is 3.68. The second-order valence-corrected chi connectivity index (χ2v) is 10.7. The summed E-state index contributed by atoms with van der Waals surface area (Å²) in [6.45, 7) is -0.222. The molecule has 0 aromatic heterocycles. The molecule has 2 aliphatic heterocycles. The molecule has 0 radical (unpaired) electrons. The molecule has 2 N–H and O–H groups in total. The molecule has 0 bridgehead atoms. The van der Waals surface area contributed by atoms with Crippen LogP contribution in [0.3, 0.4) is 0 Å². The summed E-state index contributed by atoms with van der Waals surface area (Å²) in [6.07, 6.45) is 2.78. The van der Waals surface area contributed by atoms with E-state index in [4.69, 9.17) is 4.74 Å². The van der Waals surface area contributed by atoms with Crippen LogP contribution in [0.15, 0.2) is 30.3 Å². The minimum Gasteiger partial charge on any atom is -0.427 e.